The molecule has 0 bridgehead atoms. The fourth-order valence-electron chi connectivity index (χ4n) is 2.13. The predicted molar refractivity (Wildman–Crippen MR) is 102 cm³/mol. The second kappa shape index (κ2) is 10.6. The molecule has 0 saturated heterocycles. The molecule has 9 heteroatoms. The SMILES string of the molecule is CC(COc1ccc(F)cc1F)NC(=O)CSCC(=O)Nc1ccc(F)cc1. The normalized spacial score (nSPS) is 11.6. The summed E-state index contributed by atoms with van der Waals surface area (Å²) in [5, 5.41) is 5.25. The largest absolute Gasteiger partial charge is 0.488 e. The first-order valence-electron chi connectivity index (χ1n) is 8.34. The molecule has 0 aliphatic carbocycles. The third-order valence-electron chi connectivity index (χ3n) is 3.38. The molecule has 0 saturated carbocycles. The maximum absolute atomic E-state index is 13.5. The fraction of sp³-hybridized carbons (Fsp3) is 0.263. The second-order valence-electron chi connectivity index (χ2n) is 5.90. The number of halogens is 3. The minimum atomic E-state index is -0.818. The standard InChI is InChI=1S/C19H19F3N2O3S/c1-12(9-27-17-7-4-14(21)8-16(17)22)23-18(25)10-28-11-19(26)24-15-5-2-13(20)3-6-15/h2-8,12H,9-11H2,1H3,(H,23,25)(H,24,26). The number of ether oxygens (including phenoxy) is 1. The monoisotopic (exact) mass is 412 g/mol. The van der Waals surface area contributed by atoms with Crippen LogP contribution in [-0.2, 0) is 9.59 Å². The molecule has 0 heterocycles. The molecule has 2 aromatic rings. The first kappa shape index (κ1) is 21.6. The second-order valence-corrected chi connectivity index (χ2v) is 6.89. The number of rotatable bonds is 9. The summed E-state index contributed by atoms with van der Waals surface area (Å²) < 4.78 is 44.3. The van der Waals surface area contributed by atoms with Crippen LogP contribution < -0.4 is 15.4 Å². The van der Waals surface area contributed by atoms with Gasteiger partial charge in [0.25, 0.3) is 0 Å². The van der Waals surface area contributed by atoms with Gasteiger partial charge in [-0.3, -0.25) is 9.59 Å². The Morgan fingerprint density at radius 1 is 1.00 bits per heavy atom. The highest BCUT2D eigenvalue weighted by atomic mass is 32.2. The number of benzene rings is 2. The molecule has 1 unspecified atom stereocenters. The highest BCUT2D eigenvalue weighted by Gasteiger charge is 2.11. The fourth-order valence-corrected chi connectivity index (χ4v) is 2.76. The number of carbonyl (C=O) groups is 2. The number of hydrogen-bond acceptors (Lipinski definition) is 4. The lowest BCUT2D eigenvalue weighted by Gasteiger charge is -2.15. The molecule has 0 radical (unpaired) electrons. The van der Waals surface area contributed by atoms with Crippen LogP contribution in [-0.4, -0.2) is 36.0 Å². The van der Waals surface area contributed by atoms with Gasteiger partial charge in [-0.25, -0.2) is 13.2 Å². The minimum absolute atomic E-state index is 0.00398. The van der Waals surface area contributed by atoms with Crippen molar-refractivity contribution >= 4 is 29.3 Å². The van der Waals surface area contributed by atoms with Crippen LogP contribution in [0.5, 0.6) is 5.75 Å². The van der Waals surface area contributed by atoms with E-state index in [1.165, 1.54) is 30.3 Å². The summed E-state index contributed by atoms with van der Waals surface area (Å²) in [7, 11) is 0. The van der Waals surface area contributed by atoms with Gasteiger partial charge < -0.3 is 15.4 Å². The van der Waals surface area contributed by atoms with Crippen LogP contribution in [0.25, 0.3) is 0 Å². The summed E-state index contributed by atoms with van der Waals surface area (Å²) in [6, 6.07) is 7.91. The molecular formula is C19H19F3N2O3S. The lowest BCUT2D eigenvalue weighted by molar-refractivity contribution is -0.119. The van der Waals surface area contributed by atoms with E-state index in [0.717, 1.165) is 17.8 Å². The maximum Gasteiger partial charge on any atom is 0.234 e. The average molecular weight is 412 g/mol. The van der Waals surface area contributed by atoms with Crippen molar-refractivity contribution in [2.24, 2.45) is 0 Å². The van der Waals surface area contributed by atoms with Gasteiger partial charge in [0.1, 0.15) is 18.2 Å². The Morgan fingerprint density at radius 3 is 2.32 bits per heavy atom. The number of anilines is 1. The van der Waals surface area contributed by atoms with Gasteiger partial charge in [0.15, 0.2) is 11.6 Å². The van der Waals surface area contributed by atoms with E-state index in [9.17, 15) is 22.8 Å². The van der Waals surface area contributed by atoms with Crippen LogP contribution in [0.15, 0.2) is 42.5 Å². The first-order chi connectivity index (χ1) is 13.3. The van der Waals surface area contributed by atoms with Gasteiger partial charge in [-0.05, 0) is 43.3 Å². The quantitative estimate of drug-likeness (QED) is 0.663. The summed E-state index contributed by atoms with van der Waals surface area (Å²) in [4.78, 5) is 23.6. The molecule has 0 spiro atoms. The highest BCUT2D eigenvalue weighted by molar-refractivity contribution is 8.00. The number of thioether (sulfide) groups is 1. The Balaban J connectivity index is 1.64. The van der Waals surface area contributed by atoms with E-state index >= 15 is 0 Å². The van der Waals surface area contributed by atoms with Crippen molar-refractivity contribution in [3.05, 3.63) is 59.9 Å². The van der Waals surface area contributed by atoms with Crippen molar-refractivity contribution < 1.29 is 27.5 Å². The van der Waals surface area contributed by atoms with Crippen molar-refractivity contribution in [2.75, 3.05) is 23.4 Å². The van der Waals surface area contributed by atoms with Crippen LogP contribution in [0.2, 0.25) is 0 Å². The van der Waals surface area contributed by atoms with Gasteiger partial charge in [0, 0.05) is 11.8 Å². The molecular weight excluding hydrogens is 393 g/mol. The summed E-state index contributed by atoms with van der Waals surface area (Å²) in [5.74, 6) is -2.54. The predicted octanol–water partition coefficient (Wildman–Crippen LogP) is 3.36. The topological polar surface area (TPSA) is 67.4 Å². The summed E-state index contributed by atoms with van der Waals surface area (Å²) in [6.45, 7) is 1.68. The molecule has 0 fully saturated rings. The molecule has 2 N–H and O–H groups in total. The molecule has 28 heavy (non-hydrogen) atoms. The van der Waals surface area contributed by atoms with E-state index in [1.807, 2.05) is 0 Å². The lowest BCUT2D eigenvalue weighted by Crippen LogP contribution is -2.38. The van der Waals surface area contributed by atoms with Gasteiger partial charge in [-0.2, -0.15) is 0 Å². The van der Waals surface area contributed by atoms with Crippen molar-refractivity contribution in [2.45, 2.75) is 13.0 Å². The van der Waals surface area contributed by atoms with Gasteiger partial charge in [0.2, 0.25) is 11.8 Å². The van der Waals surface area contributed by atoms with Gasteiger partial charge in [-0.15, -0.1) is 11.8 Å². The van der Waals surface area contributed by atoms with Gasteiger partial charge >= 0.3 is 0 Å². The molecule has 2 aromatic carbocycles. The van der Waals surface area contributed by atoms with E-state index in [0.29, 0.717) is 11.8 Å². The molecule has 0 aliphatic rings. The highest BCUT2D eigenvalue weighted by Crippen LogP contribution is 2.17. The summed E-state index contributed by atoms with van der Waals surface area (Å²) >= 11 is 1.11. The van der Waals surface area contributed by atoms with Gasteiger partial charge in [0.05, 0.1) is 17.5 Å². The molecule has 2 rings (SSSR count). The van der Waals surface area contributed by atoms with Gasteiger partial charge in [-0.1, -0.05) is 0 Å². The van der Waals surface area contributed by atoms with Crippen molar-refractivity contribution in [1.82, 2.24) is 5.32 Å². The Hall–Kier alpha value is -2.68. The van der Waals surface area contributed by atoms with E-state index < -0.39 is 23.5 Å². The number of carbonyl (C=O) groups excluding carboxylic acids is 2. The molecule has 2 amide bonds. The molecule has 5 nitrogen and oxygen atoms in total. The van der Waals surface area contributed by atoms with Crippen LogP contribution >= 0.6 is 11.8 Å². The van der Waals surface area contributed by atoms with Crippen molar-refractivity contribution in [3.63, 3.8) is 0 Å². The Labute approximate surface area is 164 Å². The third-order valence-corrected chi connectivity index (χ3v) is 4.32. The molecule has 150 valence electrons. The van der Waals surface area contributed by atoms with Crippen molar-refractivity contribution in [3.8, 4) is 5.75 Å². The van der Waals surface area contributed by atoms with Crippen LogP contribution in [0.4, 0.5) is 18.9 Å². The summed E-state index contributed by atoms with van der Waals surface area (Å²) in [5.41, 5.74) is 0.468. The Kier molecular flexibility index (Phi) is 8.19. The van der Waals surface area contributed by atoms with E-state index in [1.54, 1.807) is 6.92 Å². The smallest absolute Gasteiger partial charge is 0.234 e. The third kappa shape index (κ3) is 7.51. The zero-order valence-electron chi connectivity index (χ0n) is 15.0. The zero-order chi connectivity index (χ0) is 20.5. The van der Waals surface area contributed by atoms with E-state index in [-0.39, 0.29) is 35.7 Å². The lowest BCUT2D eigenvalue weighted by atomic mass is 10.3. The van der Waals surface area contributed by atoms with E-state index in [4.69, 9.17) is 4.74 Å². The van der Waals surface area contributed by atoms with Crippen LogP contribution in [0.3, 0.4) is 0 Å². The Morgan fingerprint density at radius 2 is 1.64 bits per heavy atom. The average Bonchev–Trinajstić information content (AvgIpc) is 2.63. The molecule has 0 aliphatic heterocycles. The number of amides is 2. The summed E-state index contributed by atoms with van der Waals surface area (Å²) in [6.07, 6.45) is 0. The van der Waals surface area contributed by atoms with Crippen LogP contribution in [0.1, 0.15) is 6.92 Å². The Bertz CT molecular complexity index is 819. The number of nitrogens with one attached hydrogen (secondary N) is 2. The van der Waals surface area contributed by atoms with E-state index in [2.05, 4.69) is 10.6 Å². The van der Waals surface area contributed by atoms with Crippen LogP contribution in [0, 0.1) is 17.5 Å². The zero-order valence-corrected chi connectivity index (χ0v) is 15.8. The first-order valence-corrected chi connectivity index (χ1v) is 9.49. The number of hydrogen-bond donors (Lipinski definition) is 2. The minimum Gasteiger partial charge on any atom is -0.488 e. The molecule has 0 aromatic heterocycles. The van der Waals surface area contributed by atoms with Crippen molar-refractivity contribution in [1.29, 1.82) is 0 Å². The maximum atomic E-state index is 13.5. The molecule has 1 atom stereocenters.